The van der Waals surface area contributed by atoms with Crippen LogP contribution in [0, 0.1) is 0 Å². The van der Waals surface area contributed by atoms with Crippen LogP contribution in [0.5, 0.6) is 0 Å². The number of nitrogens with one attached hydrogen (secondary N) is 2. The number of carbonyl (C=O) groups excluding carboxylic acids is 4. The summed E-state index contributed by atoms with van der Waals surface area (Å²) >= 11 is 6.24. The highest BCUT2D eigenvalue weighted by Crippen LogP contribution is 2.39. The van der Waals surface area contributed by atoms with Crippen molar-refractivity contribution in [3.63, 3.8) is 0 Å². The lowest BCUT2D eigenvalue weighted by Gasteiger charge is -2.29. The summed E-state index contributed by atoms with van der Waals surface area (Å²) in [7, 11) is 0. The lowest BCUT2D eigenvalue weighted by atomic mass is 9.92. The molecule has 0 unspecified atom stereocenters. The molecule has 0 spiro atoms. The number of amides is 4. The van der Waals surface area contributed by atoms with E-state index in [1.165, 1.54) is 38.1 Å². The van der Waals surface area contributed by atoms with E-state index < -0.39 is 17.8 Å². The molecule has 33 heavy (non-hydrogen) atoms. The fourth-order valence-electron chi connectivity index (χ4n) is 3.77. The molecule has 3 aromatic rings. The van der Waals surface area contributed by atoms with Crippen LogP contribution in [0.2, 0.25) is 5.02 Å². The van der Waals surface area contributed by atoms with Crippen molar-refractivity contribution >= 4 is 69.0 Å². The smallest absolute Gasteiger partial charge is 0.335 e. The van der Waals surface area contributed by atoms with Gasteiger partial charge in [0.15, 0.2) is 0 Å². The van der Waals surface area contributed by atoms with Gasteiger partial charge < -0.3 is 15.7 Å². The van der Waals surface area contributed by atoms with E-state index in [1.54, 1.807) is 12.1 Å². The molecule has 0 atom stereocenters. The SMILES string of the molecule is CC(=O)Nc1cc2c3c(cc(NC(C)=O)cc3c1)C(=O)N(c1cc(C(=O)O)ccc1Cl)C2=O. The van der Waals surface area contributed by atoms with E-state index in [4.69, 9.17) is 11.6 Å². The highest BCUT2D eigenvalue weighted by molar-refractivity contribution is 6.40. The van der Waals surface area contributed by atoms with Crippen molar-refractivity contribution in [3.05, 3.63) is 64.2 Å². The van der Waals surface area contributed by atoms with Gasteiger partial charge in [-0.1, -0.05) is 11.6 Å². The van der Waals surface area contributed by atoms with Crippen molar-refractivity contribution in [1.29, 1.82) is 0 Å². The van der Waals surface area contributed by atoms with Crippen molar-refractivity contribution in [2.75, 3.05) is 15.5 Å². The Morgan fingerprint density at radius 2 is 1.36 bits per heavy atom. The van der Waals surface area contributed by atoms with Gasteiger partial charge >= 0.3 is 5.97 Å². The first kappa shape index (κ1) is 22.0. The third-order valence-corrected chi connectivity index (χ3v) is 5.31. The van der Waals surface area contributed by atoms with Gasteiger partial charge in [0, 0.05) is 30.6 Å². The molecule has 0 aliphatic carbocycles. The predicted octanol–water partition coefficient (Wildman–Crippen LogP) is 3.91. The molecule has 0 saturated carbocycles. The zero-order valence-electron chi connectivity index (χ0n) is 17.4. The van der Waals surface area contributed by atoms with E-state index in [1.807, 2.05) is 0 Å². The maximum Gasteiger partial charge on any atom is 0.335 e. The number of imide groups is 1. The molecule has 3 aromatic carbocycles. The van der Waals surface area contributed by atoms with Crippen molar-refractivity contribution in [3.8, 4) is 0 Å². The van der Waals surface area contributed by atoms with Gasteiger partial charge in [0.2, 0.25) is 11.8 Å². The van der Waals surface area contributed by atoms with Crippen LogP contribution < -0.4 is 15.5 Å². The molecule has 3 N–H and O–H groups in total. The summed E-state index contributed by atoms with van der Waals surface area (Å²) in [6.07, 6.45) is 0. The Bertz CT molecular complexity index is 1340. The maximum absolute atomic E-state index is 13.5. The Labute approximate surface area is 191 Å². The van der Waals surface area contributed by atoms with E-state index in [2.05, 4.69) is 10.6 Å². The highest BCUT2D eigenvalue weighted by Gasteiger charge is 2.36. The minimum absolute atomic E-state index is 0.00238. The van der Waals surface area contributed by atoms with E-state index in [0.717, 1.165) is 11.0 Å². The van der Waals surface area contributed by atoms with Gasteiger partial charge in [-0.3, -0.25) is 19.2 Å². The van der Waals surface area contributed by atoms with Crippen LogP contribution in [0.1, 0.15) is 44.9 Å². The minimum atomic E-state index is -1.26. The number of hydrogen-bond donors (Lipinski definition) is 3. The fraction of sp³-hybridized carbons (Fsp3) is 0.0870. The van der Waals surface area contributed by atoms with Gasteiger partial charge in [-0.15, -0.1) is 0 Å². The summed E-state index contributed by atoms with van der Waals surface area (Å²) in [4.78, 5) is 62.4. The van der Waals surface area contributed by atoms with Crippen molar-refractivity contribution in [2.24, 2.45) is 0 Å². The van der Waals surface area contributed by atoms with Gasteiger partial charge in [-0.05, 0) is 47.9 Å². The zero-order valence-corrected chi connectivity index (χ0v) is 18.1. The number of anilines is 3. The molecule has 10 heteroatoms. The largest absolute Gasteiger partial charge is 0.478 e. The Hall–Kier alpha value is -4.24. The molecule has 0 fully saturated rings. The Morgan fingerprint density at radius 1 is 0.848 bits per heavy atom. The number of aromatic carboxylic acids is 1. The summed E-state index contributed by atoms with van der Waals surface area (Å²) in [6, 6.07) is 9.72. The molecule has 4 amide bonds. The first-order chi connectivity index (χ1) is 15.6. The first-order valence-corrected chi connectivity index (χ1v) is 10.0. The van der Waals surface area contributed by atoms with E-state index in [-0.39, 0.29) is 39.2 Å². The molecule has 4 rings (SSSR count). The first-order valence-electron chi connectivity index (χ1n) is 9.65. The maximum atomic E-state index is 13.5. The van der Waals surface area contributed by atoms with E-state index in [0.29, 0.717) is 22.1 Å². The molecule has 1 heterocycles. The zero-order chi connectivity index (χ0) is 24.0. The van der Waals surface area contributed by atoms with Gasteiger partial charge in [0.05, 0.1) is 27.4 Å². The predicted molar refractivity (Wildman–Crippen MR) is 122 cm³/mol. The van der Waals surface area contributed by atoms with Crippen LogP contribution >= 0.6 is 11.6 Å². The van der Waals surface area contributed by atoms with Gasteiger partial charge in [0.25, 0.3) is 11.8 Å². The van der Waals surface area contributed by atoms with Crippen LogP contribution in [0.4, 0.5) is 17.1 Å². The molecule has 0 aromatic heterocycles. The lowest BCUT2D eigenvalue weighted by molar-refractivity contribution is -0.115. The van der Waals surface area contributed by atoms with E-state index in [9.17, 15) is 29.1 Å². The average molecular weight is 466 g/mol. The molecule has 0 radical (unpaired) electrons. The number of carbonyl (C=O) groups is 5. The number of benzene rings is 3. The normalized spacial score (nSPS) is 12.6. The highest BCUT2D eigenvalue weighted by atomic mass is 35.5. The van der Waals surface area contributed by atoms with Crippen LogP contribution in [0.3, 0.4) is 0 Å². The number of hydrogen-bond acceptors (Lipinski definition) is 5. The summed E-state index contributed by atoms with van der Waals surface area (Å²) < 4.78 is 0. The topological polar surface area (TPSA) is 133 Å². The summed E-state index contributed by atoms with van der Waals surface area (Å²) in [6.45, 7) is 2.62. The molecule has 166 valence electrons. The van der Waals surface area contributed by atoms with Crippen LogP contribution in [0.15, 0.2) is 42.5 Å². The van der Waals surface area contributed by atoms with Crippen LogP contribution in [0.25, 0.3) is 10.8 Å². The summed E-state index contributed by atoms with van der Waals surface area (Å²) in [5.74, 6) is -3.46. The number of halogens is 1. The number of carboxylic acids is 1. The third-order valence-electron chi connectivity index (χ3n) is 4.99. The van der Waals surface area contributed by atoms with Gasteiger partial charge in [-0.25, -0.2) is 9.69 Å². The van der Waals surface area contributed by atoms with Crippen molar-refractivity contribution in [2.45, 2.75) is 13.8 Å². The van der Waals surface area contributed by atoms with E-state index >= 15 is 0 Å². The van der Waals surface area contributed by atoms with Crippen LogP contribution in [-0.2, 0) is 9.59 Å². The molecule has 0 bridgehead atoms. The Morgan fingerprint density at radius 3 is 1.82 bits per heavy atom. The Kier molecular flexibility index (Phi) is 5.35. The second-order valence-electron chi connectivity index (χ2n) is 7.43. The number of nitrogens with zero attached hydrogens (tertiary/aromatic N) is 1. The monoisotopic (exact) mass is 465 g/mol. The minimum Gasteiger partial charge on any atom is -0.478 e. The number of rotatable bonds is 4. The standard InChI is InChI=1S/C23H16ClN3O6/c1-10(28)25-14-5-13-6-15(26-11(2)29)9-17-20(13)16(8-14)21(30)27(22(17)31)19-7-12(23(32)33)3-4-18(19)24/h3-9H,1-2H3,(H,25,28)(H,26,29)(H,32,33). The van der Waals surface area contributed by atoms with Gasteiger partial charge in [0.1, 0.15) is 0 Å². The second-order valence-corrected chi connectivity index (χ2v) is 7.83. The quantitative estimate of drug-likeness (QED) is 0.500. The van der Waals surface area contributed by atoms with Crippen molar-refractivity contribution in [1.82, 2.24) is 0 Å². The molecular weight excluding hydrogens is 450 g/mol. The molecule has 9 nitrogen and oxygen atoms in total. The number of carboxylic acid groups (broad SMARTS) is 1. The Balaban J connectivity index is 2.00. The molecule has 0 saturated heterocycles. The summed E-state index contributed by atoms with van der Waals surface area (Å²) in [5.41, 5.74) is 0.576. The average Bonchev–Trinajstić information content (AvgIpc) is 2.71. The summed E-state index contributed by atoms with van der Waals surface area (Å²) in [5, 5.41) is 15.4. The van der Waals surface area contributed by atoms with Gasteiger partial charge in [-0.2, -0.15) is 0 Å². The van der Waals surface area contributed by atoms with Crippen molar-refractivity contribution < 1.29 is 29.1 Å². The molecule has 1 aliphatic rings. The molecular formula is C23H16ClN3O6. The lowest BCUT2D eigenvalue weighted by Crippen LogP contribution is -2.41. The third kappa shape index (κ3) is 3.90. The molecule has 1 aliphatic heterocycles. The van der Waals surface area contributed by atoms with Crippen LogP contribution in [-0.4, -0.2) is 34.7 Å². The fourth-order valence-corrected chi connectivity index (χ4v) is 3.98. The second kappa shape index (κ2) is 8.03.